The standard InChI is InChI=1S/C17H27N3O2/c1-12(2)16-11-20-10-14(19(4)7-8-21-5)9-15(13(3)22-6)17(20)18-16/h9-13H,7-8H2,1-6H3/t13-/m1/s1. The Balaban J connectivity index is 2.50. The number of rotatable bonds is 7. The third-order valence-corrected chi connectivity index (χ3v) is 4.04. The summed E-state index contributed by atoms with van der Waals surface area (Å²) in [4.78, 5) is 6.97. The normalized spacial score (nSPS) is 13.0. The maximum absolute atomic E-state index is 5.53. The summed E-state index contributed by atoms with van der Waals surface area (Å²) >= 11 is 0. The highest BCUT2D eigenvalue weighted by atomic mass is 16.5. The maximum Gasteiger partial charge on any atom is 0.142 e. The van der Waals surface area contributed by atoms with Gasteiger partial charge in [0.25, 0.3) is 0 Å². The maximum atomic E-state index is 5.53. The van der Waals surface area contributed by atoms with Crippen LogP contribution in [0.2, 0.25) is 0 Å². The molecule has 0 saturated heterocycles. The van der Waals surface area contributed by atoms with Crippen LogP contribution in [0.25, 0.3) is 5.65 Å². The number of aromatic nitrogens is 2. The number of ether oxygens (including phenoxy) is 2. The van der Waals surface area contributed by atoms with Crippen molar-refractivity contribution in [2.24, 2.45) is 0 Å². The largest absolute Gasteiger partial charge is 0.383 e. The number of hydrogen-bond acceptors (Lipinski definition) is 4. The van der Waals surface area contributed by atoms with Gasteiger partial charge in [-0.1, -0.05) is 13.8 Å². The van der Waals surface area contributed by atoms with Crippen molar-refractivity contribution < 1.29 is 9.47 Å². The number of methoxy groups -OCH3 is 2. The lowest BCUT2D eigenvalue weighted by Crippen LogP contribution is -2.22. The highest BCUT2D eigenvalue weighted by molar-refractivity contribution is 5.59. The van der Waals surface area contributed by atoms with Crippen molar-refractivity contribution in [3.63, 3.8) is 0 Å². The lowest BCUT2D eigenvalue weighted by atomic mass is 10.1. The van der Waals surface area contributed by atoms with Crippen LogP contribution in [0.4, 0.5) is 5.69 Å². The van der Waals surface area contributed by atoms with Crippen molar-refractivity contribution in [2.75, 3.05) is 39.3 Å². The van der Waals surface area contributed by atoms with E-state index < -0.39 is 0 Å². The molecular weight excluding hydrogens is 278 g/mol. The Morgan fingerprint density at radius 2 is 1.95 bits per heavy atom. The first-order valence-electron chi connectivity index (χ1n) is 7.73. The summed E-state index contributed by atoms with van der Waals surface area (Å²) in [6.07, 6.45) is 4.23. The van der Waals surface area contributed by atoms with Crippen molar-refractivity contribution in [2.45, 2.75) is 32.8 Å². The van der Waals surface area contributed by atoms with Crippen LogP contribution in [0.1, 0.15) is 44.1 Å². The van der Waals surface area contributed by atoms with Crippen molar-refractivity contribution in [1.29, 1.82) is 0 Å². The second-order valence-electron chi connectivity index (χ2n) is 6.00. The second-order valence-corrected chi connectivity index (χ2v) is 6.00. The Morgan fingerprint density at radius 3 is 2.55 bits per heavy atom. The molecule has 122 valence electrons. The summed E-state index contributed by atoms with van der Waals surface area (Å²) in [6.45, 7) is 7.91. The molecule has 0 saturated carbocycles. The molecule has 0 N–H and O–H groups in total. The number of pyridine rings is 1. The van der Waals surface area contributed by atoms with Gasteiger partial charge in [-0.2, -0.15) is 0 Å². The number of hydrogen-bond donors (Lipinski definition) is 0. The van der Waals surface area contributed by atoms with Gasteiger partial charge in [-0.25, -0.2) is 4.98 Å². The molecule has 0 aliphatic rings. The highest BCUT2D eigenvalue weighted by Gasteiger charge is 2.16. The molecule has 0 amide bonds. The summed E-state index contributed by atoms with van der Waals surface area (Å²) in [6, 6.07) is 2.16. The Labute approximate surface area is 132 Å². The van der Waals surface area contributed by atoms with Crippen LogP contribution < -0.4 is 4.90 Å². The summed E-state index contributed by atoms with van der Waals surface area (Å²) < 4.78 is 12.8. The van der Waals surface area contributed by atoms with Gasteiger partial charge in [0.05, 0.1) is 24.1 Å². The fourth-order valence-electron chi connectivity index (χ4n) is 2.40. The highest BCUT2D eigenvalue weighted by Crippen LogP contribution is 2.27. The summed E-state index contributed by atoms with van der Waals surface area (Å²) in [5, 5.41) is 0. The Kier molecular flexibility index (Phi) is 5.42. The number of fused-ring (bicyclic) bond motifs is 1. The van der Waals surface area contributed by atoms with E-state index >= 15 is 0 Å². The van der Waals surface area contributed by atoms with E-state index in [2.05, 4.69) is 55.6 Å². The minimum atomic E-state index is 0.000636. The molecule has 0 aliphatic heterocycles. The number of nitrogens with zero attached hydrogens (tertiary/aromatic N) is 3. The molecule has 0 aromatic carbocycles. The van der Waals surface area contributed by atoms with E-state index in [1.807, 2.05) is 0 Å². The molecule has 0 radical (unpaired) electrons. The predicted molar refractivity (Wildman–Crippen MR) is 89.9 cm³/mol. The van der Waals surface area contributed by atoms with Gasteiger partial charge in [-0.3, -0.25) is 0 Å². The molecule has 0 unspecified atom stereocenters. The topological polar surface area (TPSA) is 39.0 Å². The lowest BCUT2D eigenvalue weighted by Gasteiger charge is -2.21. The van der Waals surface area contributed by atoms with Crippen LogP contribution in [-0.4, -0.2) is 43.8 Å². The van der Waals surface area contributed by atoms with Crippen LogP contribution in [-0.2, 0) is 9.47 Å². The molecule has 5 heteroatoms. The van der Waals surface area contributed by atoms with Crippen LogP contribution in [0.3, 0.4) is 0 Å². The van der Waals surface area contributed by atoms with E-state index in [9.17, 15) is 0 Å². The van der Waals surface area contributed by atoms with Crippen LogP contribution in [0.5, 0.6) is 0 Å². The minimum Gasteiger partial charge on any atom is -0.383 e. The van der Waals surface area contributed by atoms with Gasteiger partial charge < -0.3 is 18.8 Å². The Bertz CT molecular complexity index is 622. The van der Waals surface area contributed by atoms with Crippen molar-refractivity contribution in [3.8, 4) is 0 Å². The van der Waals surface area contributed by atoms with E-state index in [1.54, 1.807) is 14.2 Å². The fraction of sp³-hybridized carbons (Fsp3) is 0.588. The van der Waals surface area contributed by atoms with Gasteiger partial charge in [0.15, 0.2) is 0 Å². The van der Waals surface area contributed by atoms with E-state index in [4.69, 9.17) is 14.5 Å². The van der Waals surface area contributed by atoms with Gasteiger partial charge in [-0.05, 0) is 18.9 Å². The monoisotopic (exact) mass is 305 g/mol. The van der Waals surface area contributed by atoms with Gasteiger partial charge in [0.2, 0.25) is 0 Å². The van der Waals surface area contributed by atoms with Crippen molar-refractivity contribution in [3.05, 3.63) is 29.7 Å². The second kappa shape index (κ2) is 7.11. The van der Waals surface area contributed by atoms with Crippen LogP contribution >= 0.6 is 0 Å². The smallest absolute Gasteiger partial charge is 0.142 e. The quantitative estimate of drug-likeness (QED) is 0.787. The number of anilines is 1. The van der Waals surface area contributed by atoms with E-state index in [1.165, 1.54) is 0 Å². The van der Waals surface area contributed by atoms with Gasteiger partial charge >= 0.3 is 0 Å². The van der Waals surface area contributed by atoms with E-state index in [0.29, 0.717) is 12.5 Å². The first-order chi connectivity index (χ1) is 10.5. The van der Waals surface area contributed by atoms with Gasteiger partial charge in [-0.15, -0.1) is 0 Å². The molecule has 2 aromatic rings. The predicted octanol–water partition coefficient (Wildman–Crippen LogP) is 3.25. The average molecular weight is 305 g/mol. The zero-order chi connectivity index (χ0) is 16.3. The van der Waals surface area contributed by atoms with Gasteiger partial charge in [0, 0.05) is 45.8 Å². The summed E-state index contributed by atoms with van der Waals surface area (Å²) in [5.74, 6) is 0.403. The van der Waals surface area contributed by atoms with Crippen LogP contribution in [0, 0.1) is 0 Å². The number of imidazole rings is 1. The molecule has 22 heavy (non-hydrogen) atoms. The molecule has 0 bridgehead atoms. The molecule has 2 rings (SSSR count). The average Bonchev–Trinajstić information content (AvgIpc) is 2.95. The molecule has 2 aromatic heterocycles. The van der Waals surface area contributed by atoms with Crippen LogP contribution in [0.15, 0.2) is 18.5 Å². The zero-order valence-corrected chi connectivity index (χ0v) is 14.5. The Hall–Kier alpha value is -1.59. The van der Waals surface area contributed by atoms with Crippen molar-refractivity contribution >= 4 is 11.3 Å². The van der Waals surface area contributed by atoms with Gasteiger partial charge in [0.1, 0.15) is 5.65 Å². The summed E-state index contributed by atoms with van der Waals surface area (Å²) in [5.41, 5.74) is 4.32. The first kappa shape index (κ1) is 16.8. The molecule has 5 nitrogen and oxygen atoms in total. The molecule has 1 atom stereocenters. The molecule has 0 fully saturated rings. The molecular formula is C17H27N3O2. The van der Waals surface area contributed by atoms with E-state index in [0.717, 1.165) is 29.1 Å². The molecule has 0 spiro atoms. The number of likely N-dealkylation sites (N-methyl/N-ethyl adjacent to an activating group) is 1. The third-order valence-electron chi connectivity index (χ3n) is 4.04. The lowest BCUT2D eigenvalue weighted by molar-refractivity contribution is 0.120. The zero-order valence-electron chi connectivity index (χ0n) is 14.5. The molecule has 2 heterocycles. The summed E-state index contributed by atoms with van der Waals surface area (Å²) in [7, 11) is 5.52. The van der Waals surface area contributed by atoms with Crippen molar-refractivity contribution in [1.82, 2.24) is 9.38 Å². The SMILES string of the molecule is COCCN(C)c1cc([C@@H](C)OC)c2nc(C(C)C)cn2c1. The minimum absolute atomic E-state index is 0.000636. The Morgan fingerprint density at radius 1 is 1.23 bits per heavy atom. The fourth-order valence-corrected chi connectivity index (χ4v) is 2.40. The third kappa shape index (κ3) is 3.42. The first-order valence-corrected chi connectivity index (χ1v) is 7.73. The molecule has 0 aliphatic carbocycles. The van der Waals surface area contributed by atoms with E-state index in [-0.39, 0.29) is 6.10 Å².